The number of nitrogens with zero attached hydrogens (tertiary/aromatic N) is 1. The number of carboxylic acid groups (broad SMARTS) is 1. The molecule has 2 atom stereocenters. The molecule has 1 saturated carbocycles. The number of hydrogen-bond acceptors (Lipinski definition) is 5. The van der Waals surface area contributed by atoms with Crippen molar-refractivity contribution in [3.63, 3.8) is 0 Å². The average Bonchev–Trinajstić information content (AvgIpc) is 3.17. The maximum absolute atomic E-state index is 12.6. The molecule has 6 heteroatoms. The van der Waals surface area contributed by atoms with Crippen LogP contribution in [-0.4, -0.2) is 21.8 Å². The van der Waals surface area contributed by atoms with Crippen LogP contribution in [-0.2, 0) is 4.79 Å². The number of thiazole rings is 1. The van der Waals surface area contributed by atoms with Gasteiger partial charge in [-0.15, -0.1) is 0 Å². The van der Waals surface area contributed by atoms with Gasteiger partial charge in [-0.1, -0.05) is 59.9 Å². The van der Waals surface area contributed by atoms with Gasteiger partial charge in [0.05, 0.1) is 16.1 Å². The van der Waals surface area contributed by atoms with Crippen LogP contribution in [0, 0.1) is 18.8 Å². The fourth-order valence-electron chi connectivity index (χ4n) is 4.16. The van der Waals surface area contributed by atoms with Crippen molar-refractivity contribution in [1.29, 1.82) is 0 Å². The monoisotopic (exact) mass is 442 g/mol. The van der Waals surface area contributed by atoms with Gasteiger partial charge in [0.2, 0.25) is 0 Å². The molecule has 1 heterocycles. The number of carbonyl (C=O) groups is 2. The van der Waals surface area contributed by atoms with Crippen molar-refractivity contribution in [3.05, 3.63) is 77.9 Å². The van der Waals surface area contributed by atoms with Crippen LogP contribution in [0.1, 0.15) is 28.8 Å². The second-order valence-electron chi connectivity index (χ2n) is 8.21. The number of para-hydroxylation sites is 1. The number of benzene rings is 3. The first-order valence-corrected chi connectivity index (χ1v) is 11.4. The van der Waals surface area contributed by atoms with Gasteiger partial charge >= 0.3 is 5.97 Å². The molecule has 1 aromatic heterocycles. The summed E-state index contributed by atoms with van der Waals surface area (Å²) in [5, 5.41) is 13.4. The lowest BCUT2D eigenvalue weighted by Crippen LogP contribution is -2.38. The van der Waals surface area contributed by atoms with Crippen molar-refractivity contribution in [3.8, 4) is 11.1 Å². The van der Waals surface area contributed by atoms with Crippen LogP contribution in [0.5, 0.6) is 0 Å². The van der Waals surface area contributed by atoms with Crippen LogP contribution >= 0.6 is 11.3 Å². The van der Waals surface area contributed by atoms with Gasteiger partial charge in [0.15, 0.2) is 10.9 Å². The number of hydrogen-bond donors (Lipinski definition) is 2. The molecule has 4 aromatic rings. The zero-order chi connectivity index (χ0) is 22.2. The minimum atomic E-state index is -0.874. The van der Waals surface area contributed by atoms with Crippen molar-refractivity contribution in [2.24, 2.45) is 11.8 Å². The summed E-state index contributed by atoms with van der Waals surface area (Å²) in [6, 6.07) is 21.7. The minimum Gasteiger partial charge on any atom is -0.481 e. The Bertz CT molecular complexity index is 1310. The molecule has 0 spiro atoms. The summed E-state index contributed by atoms with van der Waals surface area (Å²) in [6.07, 6.45) is 1.24. The van der Waals surface area contributed by atoms with E-state index in [1.54, 1.807) is 23.5 Å². The third-order valence-corrected chi connectivity index (χ3v) is 7.12. The highest BCUT2D eigenvalue weighted by Gasteiger charge is 2.41. The topological polar surface area (TPSA) is 79.3 Å². The van der Waals surface area contributed by atoms with Crippen LogP contribution in [0.3, 0.4) is 0 Å². The molecule has 5 nitrogen and oxygen atoms in total. The molecular formula is C26H22N2O3S. The Morgan fingerprint density at radius 1 is 0.938 bits per heavy atom. The van der Waals surface area contributed by atoms with Crippen molar-refractivity contribution in [2.75, 3.05) is 5.32 Å². The SMILES string of the molecule is Cc1cccc2sc(Nc3ccc(-c4ccc(C(=O)C5CCC5C(=O)O)cc4)cc3)nc12. The molecule has 160 valence electrons. The first-order chi connectivity index (χ1) is 15.5. The lowest BCUT2D eigenvalue weighted by atomic mass is 9.70. The Morgan fingerprint density at radius 3 is 2.19 bits per heavy atom. The highest BCUT2D eigenvalue weighted by molar-refractivity contribution is 7.22. The molecule has 0 amide bonds. The van der Waals surface area contributed by atoms with Gasteiger partial charge < -0.3 is 10.4 Å². The molecule has 0 aliphatic heterocycles. The lowest BCUT2D eigenvalue weighted by Gasteiger charge is -2.31. The molecular weight excluding hydrogens is 420 g/mol. The first kappa shape index (κ1) is 20.4. The van der Waals surface area contributed by atoms with E-state index in [0.29, 0.717) is 18.4 Å². The van der Waals surface area contributed by atoms with Crippen LogP contribution in [0.4, 0.5) is 10.8 Å². The zero-order valence-electron chi connectivity index (χ0n) is 17.5. The maximum Gasteiger partial charge on any atom is 0.307 e. The summed E-state index contributed by atoms with van der Waals surface area (Å²) in [6.45, 7) is 2.07. The number of aryl methyl sites for hydroxylation is 1. The van der Waals surface area contributed by atoms with Crippen molar-refractivity contribution in [2.45, 2.75) is 19.8 Å². The number of carboxylic acids is 1. The lowest BCUT2D eigenvalue weighted by molar-refractivity contribution is -0.146. The maximum atomic E-state index is 12.6. The van der Waals surface area contributed by atoms with E-state index in [0.717, 1.165) is 32.2 Å². The minimum absolute atomic E-state index is 0.0687. The van der Waals surface area contributed by atoms with E-state index in [1.165, 1.54) is 5.56 Å². The third-order valence-electron chi connectivity index (χ3n) is 6.19. The summed E-state index contributed by atoms with van der Waals surface area (Å²) in [5.74, 6) is -1.88. The molecule has 2 N–H and O–H groups in total. The second-order valence-corrected chi connectivity index (χ2v) is 9.24. The normalized spacial score (nSPS) is 17.7. The molecule has 5 rings (SSSR count). The Hall–Kier alpha value is -3.51. The standard InChI is InChI=1S/C26H22N2O3S/c1-15-3-2-4-22-23(15)28-26(32-22)27-19-11-9-17(10-12-19)16-5-7-18(8-6-16)24(29)20-13-14-21(20)25(30)31/h2-12,20-21H,13-14H2,1H3,(H,27,28)(H,30,31). The van der Waals surface area contributed by atoms with Crippen LogP contribution in [0.15, 0.2) is 66.7 Å². The number of nitrogens with one attached hydrogen (secondary N) is 1. The van der Waals surface area contributed by atoms with Crippen molar-refractivity contribution >= 4 is 44.1 Å². The number of carbonyl (C=O) groups excluding carboxylic acids is 1. The molecule has 0 radical (unpaired) electrons. The van der Waals surface area contributed by atoms with E-state index in [9.17, 15) is 14.7 Å². The molecule has 1 aliphatic carbocycles. The summed E-state index contributed by atoms with van der Waals surface area (Å²) >= 11 is 1.63. The second kappa shape index (κ2) is 8.20. The van der Waals surface area contributed by atoms with E-state index in [2.05, 4.69) is 24.4 Å². The Kier molecular flexibility index (Phi) is 5.23. The number of ketones is 1. The van der Waals surface area contributed by atoms with Gasteiger partial charge in [0.1, 0.15) is 0 Å². The number of aliphatic carboxylic acids is 1. The summed E-state index contributed by atoms with van der Waals surface area (Å²) in [4.78, 5) is 28.5. The first-order valence-electron chi connectivity index (χ1n) is 10.6. The molecule has 1 aliphatic rings. The summed E-state index contributed by atoms with van der Waals surface area (Å²) in [7, 11) is 0. The van der Waals surface area contributed by atoms with E-state index in [4.69, 9.17) is 4.98 Å². The van der Waals surface area contributed by atoms with Crippen LogP contribution in [0.2, 0.25) is 0 Å². The van der Waals surface area contributed by atoms with Crippen molar-refractivity contribution in [1.82, 2.24) is 4.98 Å². The number of fused-ring (bicyclic) bond motifs is 1. The van der Waals surface area contributed by atoms with Gasteiger partial charge in [-0.25, -0.2) is 4.98 Å². The van der Waals surface area contributed by atoms with Gasteiger partial charge in [-0.05, 0) is 54.7 Å². The third kappa shape index (κ3) is 3.78. The van der Waals surface area contributed by atoms with E-state index >= 15 is 0 Å². The fourth-order valence-corrected chi connectivity index (χ4v) is 5.12. The highest BCUT2D eigenvalue weighted by Crippen LogP contribution is 2.37. The number of rotatable bonds is 6. The average molecular weight is 443 g/mol. The largest absolute Gasteiger partial charge is 0.481 e. The smallest absolute Gasteiger partial charge is 0.307 e. The van der Waals surface area contributed by atoms with Gasteiger partial charge in [0.25, 0.3) is 0 Å². The van der Waals surface area contributed by atoms with Crippen LogP contribution < -0.4 is 5.32 Å². The predicted octanol–water partition coefficient (Wildman–Crippen LogP) is 6.31. The zero-order valence-corrected chi connectivity index (χ0v) is 18.4. The van der Waals surface area contributed by atoms with Gasteiger partial charge in [-0.2, -0.15) is 0 Å². The summed E-state index contributed by atoms with van der Waals surface area (Å²) in [5.41, 5.74) is 5.78. The van der Waals surface area contributed by atoms with E-state index in [1.807, 2.05) is 42.5 Å². The quantitative estimate of drug-likeness (QED) is 0.342. The van der Waals surface area contributed by atoms with E-state index < -0.39 is 17.8 Å². The number of aromatic nitrogens is 1. The highest BCUT2D eigenvalue weighted by atomic mass is 32.1. The molecule has 3 aromatic carbocycles. The predicted molar refractivity (Wildman–Crippen MR) is 128 cm³/mol. The molecule has 32 heavy (non-hydrogen) atoms. The Labute approximate surface area is 189 Å². The molecule has 2 unspecified atom stereocenters. The fraction of sp³-hybridized carbons (Fsp3) is 0.192. The van der Waals surface area contributed by atoms with E-state index in [-0.39, 0.29) is 5.78 Å². The molecule has 1 fully saturated rings. The number of anilines is 2. The molecule has 0 saturated heterocycles. The van der Waals surface area contributed by atoms with Crippen molar-refractivity contribution < 1.29 is 14.7 Å². The summed E-state index contributed by atoms with van der Waals surface area (Å²) < 4.78 is 1.16. The van der Waals surface area contributed by atoms with Gasteiger partial charge in [0, 0.05) is 17.2 Å². The Balaban J connectivity index is 1.29. The number of Topliss-reactive ketones (excluding diaryl/α,β-unsaturated/α-hetero) is 1. The van der Waals surface area contributed by atoms with Gasteiger partial charge in [-0.3, -0.25) is 9.59 Å². The Morgan fingerprint density at radius 2 is 1.59 bits per heavy atom. The molecule has 0 bridgehead atoms. The van der Waals surface area contributed by atoms with Crippen LogP contribution in [0.25, 0.3) is 21.3 Å².